The Kier molecular flexibility index (Phi) is 4.50. The molecule has 1 aromatic carbocycles. The molecule has 0 aliphatic heterocycles. The van der Waals surface area contributed by atoms with Gasteiger partial charge in [-0.15, -0.1) is 11.6 Å². The lowest BCUT2D eigenvalue weighted by Gasteiger charge is -2.13. The molecule has 1 heterocycles. The number of pyridine rings is 1. The third-order valence-electron chi connectivity index (χ3n) is 2.88. The van der Waals surface area contributed by atoms with Crippen LogP contribution in [0, 0.1) is 12.8 Å². The molecule has 0 radical (unpaired) electrons. The number of aromatic nitrogens is 1. The molecular formula is C14H17ClN2O2S. The minimum absolute atomic E-state index is 0.00615. The van der Waals surface area contributed by atoms with Crippen molar-refractivity contribution in [1.29, 1.82) is 0 Å². The predicted molar refractivity (Wildman–Crippen MR) is 83.8 cm³/mol. The van der Waals surface area contributed by atoms with E-state index < -0.39 is 10.0 Å². The fraction of sp³-hybridized carbons (Fsp3) is 0.357. The molecule has 1 aromatic heterocycles. The van der Waals surface area contributed by atoms with Gasteiger partial charge in [-0.1, -0.05) is 25.1 Å². The number of nitrogens with zero attached hydrogens (tertiary/aromatic N) is 1. The van der Waals surface area contributed by atoms with E-state index in [2.05, 4.69) is 9.71 Å². The smallest absolute Gasteiger partial charge is 0.233 e. The number of alkyl halides is 1. The number of para-hydroxylation sites is 1. The number of benzene rings is 1. The lowest BCUT2D eigenvalue weighted by atomic mass is 10.2. The average Bonchev–Trinajstić information content (AvgIpc) is 2.37. The third-order valence-corrected chi connectivity index (χ3v) is 4.94. The fourth-order valence-electron chi connectivity index (χ4n) is 2.02. The van der Waals surface area contributed by atoms with E-state index in [0.29, 0.717) is 11.6 Å². The molecule has 0 amide bonds. The quantitative estimate of drug-likeness (QED) is 0.863. The summed E-state index contributed by atoms with van der Waals surface area (Å²) in [5.41, 5.74) is 2.11. The minimum atomic E-state index is -3.42. The molecule has 0 aliphatic carbocycles. The topological polar surface area (TPSA) is 59.1 Å². The van der Waals surface area contributed by atoms with Crippen LogP contribution < -0.4 is 4.72 Å². The Morgan fingerprint density at radius 3 is 2.75 bits per heavy atom. The zero-order chi connectivity index (χ0) is 14.8. The molecule has 1 atom stereocenters. The van der Waals surface area contributed by atoms with Crippen molar-refractivity contribution in [2.75, 3.05) is 16.4 Å². The number of hydrogen-bond acceptors (Lipinski definition) is 3. The molecule has 2 aromatic rings. The zero-order valence-electron chi connectivity index (χ0n) is 11.4. The first kappa shape index (κ1) is 15.1. The molecule has 0 bridgehead atoms. The highest BCUT2D eigenvalue weighted by atomic mass is 35.5. The van der Waals surface area contributed by atoms with E-state index in [1.54, 1.807) is 6.07 Å². The number of hydrogen-bond donors (Lipinski definition) is 1. The van der Waals surface area contributed by atoms with Crippen LogP contribution in [0.5, 0.6) is 0 Å². The number of nitrogens with one attached hydrogen (secondary N) is 1. The first-order valence-corrected chi connectivity index (χ1v) is 8.53. The second-order valence-corrected chi connectivity index (χ2v) is 7.05. The van der Waals surface area contributed by atoms with Crippen LogP contribution in [0.1, 0.15) is 12.6 Å². The summed E-state index contributed by atoms with van der Waals surface area (Å²) < 4.78 is 26.9. The summed E-state index contributed by atoms with van der Waals surface area (Å²) in [5.74, 6) is 0.229. The van der Waals surface area contributed by atoms with Gasteiger partial charge in [0, 0.05) is 17.0 Å². The van der Waals surface area contributed by atoms with E-state index in [0.717, 1.165) is 16.6 Å². The van der Waals surface area contributed by atoms with Crippen LogP contribution in [0.3, 0.4) is 0 Å². The lowest BCUT2D eigenvalue weighted by Crippen LogP contribution is -2.22. The first-order valence-electron chi connectivity index (χ1n) is 6.34. The van der Waals surface area contributed by atoms with E-state index in [-0.39, 0.29) is 11.7 Å². The highest BCUT2D eigenvalue weighted by Gasteiger charge is 2.16. The van der Waals surface area contributed by atoms with Gasteiger partial charge in [0.05, 0.1) is 17.0 Å². The predicted octanol–water partition coefficient (Wildman–Crippen LogP) is 3.16. The molecular weight excluding hydrogens is 296 g/mol. The maximum Gasteiger partial charge on any atom is 0.233 e. The van der Waals surface area contributed by atoms with Gasteiger partial charge in [-0.05, 0) is 25.0 Å². The molecule has 0 fully saturated rings. The third kappa shape index (κ3) is 3.61. The second-order valence-electron chi connectivity index (χ2n) is 4.97. The number of anilines is 1. The van der Waals surface area contributed by atoms with Gasteiger partial charge in [0.15, 0.2) is 0 Å². The van der Waals surface area contributed by atoms with E-state index in [1.165, 1.54) is 0 Å². The van der Waals surface area contributed by atoms with Crippen LogP contribution in [-0.2, 0) is 10.0 Å². The summed E-state index contributed by atoms with van der Waals surface area (Å²) in [7, 11) is -3.42. The number of sulfonamides is 1. The number of aryl methyl sites for hydroxylation is 1. The summed E-state index contributed by atoms with van der Waals surface area (Å²) in [6.07, 6.45) is 0. The van der Waals surface area contributed by atoms with E-state index in [9.17, 15) is 8.42 Å². The average molecular weight is 313 g/mol. The maximum absolute atomic E-state index is 12.1. The molecule has 0 aliphatic rings. The fourth-order valence-corrected chi connectivity index (χ4v) is 3.71. The van der Waals surface area contributed by atoms with Gasteiger partial charge >= 0.3 is 0 Å². The van der Waals surface area contributed by atoms with Gasteiger partial charge in [-0.3, -0.25) is 9.71 Å². The van der Waals surface area contributed by atoms with Gasteiger partial charge in [0.25, 0.3) is 0 Å². The van der Waals surface area contributed by atoms with Gasteiger partial charge in [0.1, 0.15) is 0 Å². The van der Waals surface area contributed by atoms with Crippen LogP contribution in [0.4, 0.5) is 5.69 Å². The normalized spacial score (nSPS) is 13.3. The van der Waals surface area contributed by atoms with Crippen molar-refractivity contribution < 1.29 is 8.42 Å². The highest BCUT2D eigenvalue weighted by molar-refractivity contribution is 7.92. The SMILES string of the molecule is Cc1cc(NS(=O)(=O)CC(C)CCl)c2ccccc2n1. The summed E-state index contributed by atoms with van der Waals surface area (Å²) >= 11 is 5.68. The molecule has 0 spiro atoms. The molecule has 6 heteroatoms. The van der Waals surface area contributed by atoms with Crippen molar-refractivity contribution in [2.24, 2.45) is 5.92 Å². The van der Waals surface area contributed by atoms with Crippen molar-refractivity contribution in [3.05, 3.63) is 36.0 Å². The summed E-state index contributed by atoms with van der Waals surface area (Å²) in [6.45, 7) is 3.65. The Labute approximate surface area is 124 Å². The maximum atomic E-state index is 12.1. The van der Waals surface area contributed by atoms with Gasteiger partial charge < -0.3 is 0 Å². The lowest BCUT2D eigenvalue weighted by molar-refractivity contribution is 0.588. The van der Waals surface area contributed by atoms with Crippen LogP contribution >= 0.6 is 11.6 Å². The van der Waals surface area contributed by atoms with Crippen LogP contribution in [-0.4, -0.2) is 25.0 Å². The van der Waals surface area contributed by atoms with Crippen molar-refractivity contribution >= 4 is 38.2 Å². The van der Waals surface area contributed by atoms with E-state index >= 15 is 0 Å². The monoisotopic (exact) mass is 312 g/mol. The Hall–Kier alpha value is -1.33. The second kappa shape index (κ2) is 5.97. The van der Waals surface area contributed by atoms with Crippen molar-refractivity contribution in [1.82, 2.24) is 4.98 Å². The minimum Gasteiger partial charge on any atom is -0.283 e. The van der Waals surface area contributed by atoms with Crippen molar-refractivity contribution in [3.63, 3.8) is 0 Å². The molecule has 0 saturated heterocycles. The Balaban J connectivity index is 2.38. The Morgan fingerprint density at radius 2 is 2.05 bits per heavy atom. The van der Waals surface area contributed by atoms with Crippen molar-refractivity contribution in [2.45, 2.75) is 13.8 Å². The Bertz CT molecular complexity index is 716. The number of fused-ring (bicyclic) bond motifs is 1. The van der Waals surface area contributed by atoms with E-state index in [4.69, 9.17) is 11.6 Å². The molecule has 2 rings (SSSR count). The largest absolute Gasteiger partial charge is 0.283 e. The Morgan fingerprint density at radius 1 is 1.35 bits per heavy atom. The summed E-state index contributed by atoms with van der Waals surface area (Å²) in [6, 6.07) is 9.19. The van der Waals surface area contributed by atoms with Crippen LogP contribution in [0.15, 0.2) is 30.3 Å². The molecule has 0 saturated carbocycles. The molecule has 4 nitrogen and oxygen atoms in total. The number of halogens is 1. The van der Waals surface area contributed by atoms with Gasteiger partial charge in [-0.2, -0.15) is 0 Å². The first-order chi connectivity index (χ1) is 9.41. The summed E-state index contributed by atoms with van der Waals surface area (Å²) in [5, 5.41) is 0.792. The van der Waals surface area contributed by atoms with Gasteiger partial charge in [-0.25, -0.2) is 8.42 Å². The number of rotatable bonds is 5. The van der Waals surface area contributed by atoms with E-state index in [1.807, 2.05) is 38.1 Å². The van der Waals surface area contributed by atoms with Crippen LogP contribution in [0.25, 0.3) is 10.9 Å². The molecule has 108 valence electrons. The molecule has 1 N–H and O–H groups in total. The van der Waals surface area contributed by atoms with Crippen molar-refractivity contribution in [3.8, 4) is 0 Å². The molecule has 1 unspecified atom stereocenters. The van der Waals surface area contributed by atoms with Crippen LogP contribution in [0.2, 0.25) is 0 Å². The molecule has 20 heavy (non-hydrogen) atoms. The van der Waals surface area contributed by atoms with Gasteiger partial charge in [0.2, 0.25) is 10.0 Å². The zero-order valence-corrected chi connectivity index (χ0v) is 13.0. The highest BCUT2D eigenvalue weighted by Crippen LogP contribution is 2.24. The summed E-state index contributed by atoms with van der Waals surface area (Å²) in [4.78, 5) is 4.39. The standard InChI is InChI=1S/C14H17ClN2O2S/c1-10(8-15)9-20(18,19)17-14-7-11(2)16-13-6-4-3-5-12(13)14/h3-7,10H,8-9H2,1-2H3,(H,16,17).